The van der Waals surface area contributed by atoms with Crippen molar-refractivity contribution in [3.63, 3.8) is 0 Å². The van der Waals surface area contributed by atoms with Crippen molar-refractivity contribution >= 4 is 35.5 Å². The van der Waals surface area contributed by atoms with E-state index in [0.717, 1.165) is 4.90 Å². The molecule has 6 N–H and O–H groups in total. The summed E-state index contributed by atoms with van der Waals surface area (Å²) in [5.41, 5.74) is 5.37. The zero-order valence-corrected chi connectivity index (χ0v) is 14.5. The van der Waals surface area contributed by atoms with E-state index in [9.17, 15) is 28.8 Å². The third-order valence-electron chi connectivity index (χ3n) is 4.06. The zero-order chi connectivity index (χ0) is 20.9. The summed E-state index contributed by atoms with van der Waals surface area (Å²) >= 11 is 0. The van der Waals surface area contributed by atoms with Gasteiger partial charge in [0.2, 0.25) is 11.8 Å². The third kappa shape index (κ3) is 5.74. The average molecular weight is 387 g/mol. The van der Waals surface area contributed by atoms with Crippen LogP contribution in [0.3, 0.4) is 0 Å². The minimum absolute atomic E-state index is 0.120. The van der Waals surface area contributed by atoms with Crippen LogP contribution < -0.4 is 11.1 Å². The number of amides is 2. The fraction of sp³-hybridized carbons (Fsp3) is 0.600. The summed E-state index contributed by atoms with van der Waals surface area (Å²) in [5.74, 6) is -8.33. The van der Waals surface area contributed by atoms with Crippen molar-refractivity contribution in [3.05, 3.63) is 0 Å². The molecule has 0 aromatic rings. The van der Waals surface area contributed by atoms with E-state index in [1.807, 2.05) is 0 Å². The Kier molecular flexibility index (Phi) is 7.40. The highest BCUT2D eigenvalue weighted by Crippen LogP contribution is 2.24. The number of carbonyl (C=O) groups is 6. The van der Waals surface area contributed by atoms with Crippen LogP contribution in [0.2, 0.25) is 0 Å². The van der Waals surface area contributed by atoms with Crippen LogP contribution in [0.5, 0.6) is 0 Å². The van der Waals surface area contributed by atoms with Crippen LogP contribution in [0, 0.1) is 5.92 Å². The number of carboxylic acids is 3. The maximum Gasteiger partial charge on any atom is 0.327 e. The van der Waals surface area contributed by atoms with Gasteiger partial charge in [0.1, 0.15) is 12.0 Å². The number of likely N-dealkylation sites (tertiary alicyclic amines) is 1. The maximum atomic E-state index is 12.6. The molecule has 0 unspecified atom stereocenters. The molecule has 1 aliphatic rings. The molecular formula is C15H21N3O9. The third-order valence-corrected chi connectivity index (χ3v) is 4.06. The van der Waals surface area contributed by atoms with Gasteiger partial charge in [-0.05, 0) is 13.3 Å². The predicted octanol–water partition coefficient (Wildman–Crippen LogP) is -2.36. The number of hydrogen-bond acceptors (Lipinski definition) is 7. The summed E-state index contributed by atoms with van der Waals surface area (Å²) in [6, 6.07) is -4.18. The first-order valence-corrected chi connectivity index (χ1v) is 8.02. The lowest BCUT2D eigenvalue weighted by Gasteiger charge is -2.24. The SMILES string of the molecule is C[C@H](N)C(=O)N[C@@H](CC(=O)O)C(=O)[C@H]1CCN([C@@H](CC(=O)O)C(=O)O)C1=O. The number of aliphatic carboxylic acids is 3. The summed E-state index contributed by atoms with van der Waals surface area (Å²) in [5, 5.41) is 29.0. The summed E-state index contributed by atoms with van der Waals surface area (Å²) in [4.78, 5) is 70.5. The van der Waals surface area contributed by atoms with E-state index < -0.39 is 72.4 Å². The average Bonchev–Trinajstić information content (AvgIpc) is 2.91. The minimum Gasteiger partial charge on any atom is -0.481 e. The molecule has 0 aromatic carbocycles. The van der Waals surface area contributed by atoms with Gasteiger partial charge in [-0.3, -0.25) is 24.0 Å². The Hall–Kier alpha value is -3.02. The molecular weight excluding hydrogens is 366 g/mol. The highest BCUT2D eigenvalue weighted by atomic mass is 16.4. The van der Waals surface area contributed by atoms with Gasteiger partial charge in [-0.15, -0.1) is 0 Å². The molecule has 0 aromatic heterocycles. The van der Waals surface area contributed by atoms with E-state index in [2.05, 4.69) is 5.32 Å². The number of ketones is 1. The molecule has 1 saturated heterocycles. The Labute approximate surface area is 153 Å². The molecule has 0 spiro atoms. The van der Waals surface area contributed by atoms with Crippen LogP contribution in [0.1, 0.15) is 26.2 Å². The molecule has 1 aliphatic heterocycles. The Morgan fingerprint density at radius 1 is 1.15 bits per heavy atom. The molecule has 0 saturated carbocycles. The van der Waals surface area contributed by atoms with Crippen molar-refractivity contribution in [1.29, 1.82) is 0 Å². The van der Waals surface area contributed by atoms with Crippen LogP contribution in [0.25, 0.3) is 0 Å². The molecule has 1 heterocycles. The molecule has 0 radical (unpaired) electrons. The number of nitrogens with two attached hydrogens (primary N) is 1. The van der Waals surface area contributed by atoms with Crippen LogP contribution in [0.4, 0.5) is 0 Å². The highest BCUT2D eigenvalue weighted by molar-refractivity contribution is 6.07. The Bertz CT molecular complexity index is 661. The van der Waals surface area contributed by atoms with Gasteiger partial charge in [0.15, 0.2) is 5.78 Å². The van der Waals surface area contributed by atoms with E-state index in [1.165, 1.54) is 6.92 Å². The summed E-state index contributed by atoms with van der Waals surface area (Å²) < 4.78 is 0. The van der Waals surface area contributed by atoms with Crippen molar-refractivity contribution < 1.29 is 44.1 Å². The Morgan fingerprint density at radius 3 is 2.15 bits per heavy atom. The normalized spacial score (nSPS) is 19.9. The van der Waals surface area contributed by atoms with E-state index in [0.29, 0.717) is 0 Å². The monoisotopic (exact) mass is 387 g/mol. The number of rotatable bonds is 10. The number of carbonyl (C=O) groups excluding carboxylic acids is 3. The molecule has 0 bridgehead atoms. The second kappa shape index (κ2) is 9.07. The lowest BCUT2D eigenvalue weighted by molar-refractivity contribution is -0.154. The van der Waals surface area contributed by atoms with E-state index >= 15 is 0 Å². The molecule has 27 heavy (non-hydrogen) atoms. The molecule has 12 heteroatoms. The summed E-state index contributed by atoms with van der Waals surface area (Å²) in [7, 11) is 0. The molecule has 4 atom stereocenters. The Balaban J connectivity index is 2.99. The first-order chi connectivity index (χ1) is 12.5. The van der Waals surface area contributed by atoms with Crippen molar-refractivity contribution in [2.45, 2.75) is 44.3 Å². The van der Waals surface area contributed by atoms with Gasteiger partial charge in [0.05, 0.1) is 24.9 Å². The number of Topliss-reactive ketones (excluding diaryl/α,β-unsaturated/α-hetero) is 1. The van der Waals surface area contributed by atoms with Crippen LogP contribution in [-0.4, -0.2) is 80.4 Å². The van der Waals surface area contributed by atoms with Gasteiger partial charge < -0.3 is 31.3 Å². The van der Waals surface area contributed by atoms with Crippen molar-refractivity contribution in [2.24, 2.45) is 11.7 Å². The van der Waals surface area contributed by atoms with Gasteiger partial charge in [-0.2, -0.15) is 0 Å². The summed E-state index contributed by atoms with van der Waals surface area (Å²) in [6.07, 6.45) is -1.74. The highest BCUT2D eigenvalue weighted by Gasteiger charge is 2.45. The maximum absolute atomic E-state index is 12.6. The fourth-order valence-corrected chi connectivity index (χ4v) is 2.72. The van der Waals surface area contributed by atoms with Crippen molar-refractivity contribution in [3.8, 4) is 0 Å². The van der Waals surface area contributed by atoms with Gasteiger partial charge in [-0.1, -0.05) is 0 Å². The predicted molar refractivity (Wildman–Crippen MR) is 86.3 cm³/mol. The standard InChI is InChI=1S/C15H21N3O9/c1-6(16)13(24)17-8(4-10(19)20)12(23)7-2-3-18(14(7)25)9(15(26)27)5-11(21)22/h6-9H,2-5,16H2,1H3,(H,17,24)(H,19,20)(H,21,22)(H,26,27)/t6-,7+,8-,9-/m0/s1. The topological polar surface area (TPSA) is 204 Å². The molecule has 2 amide bonds. The lowest BCUT2D eigenvalue weighted by atomic mass is 9.94. The van der Waals surface area contributed by atoms with Crippen molar-refractivity contribution in [2.75, 3.05) is 6.54 Å². The minimum atomic E-state index is -1.65. The number of nitrogens with zero attached hydrogens (tertiary/aromatic N) is 1. The van der Waals surface area contributed by atoms with Crippen molar-refractivity contribution in [1.82, 2.24) is 10.2 Å². The Morgan fingerprint density at radius 2 is 1.70 bits per heavy atom. The summed E-state index contributed by atoms with van der Waals surface area (Å²) in [6.45, 7) is 1.14. The molecule has 1 rings (SSSR count). The van der Waals surface area contributed by atoms with Crippen LogP contribution in [0.15, 0.2) is 0 Å². The quantitative estimate of drug-likeness (QED) is 0.252. The van der Waals surface area contributed by atoms with Crippen LogP contribution >= 0.6 is 0 Å². The van der Waals surface area contributed by atoms with E-state index in [-0.39, 0.29) is 13.0 Å². The van der Waals surface area contributed by atoms with Gasteiger partial charge in [0, 0.05) is 6.54 Å². The van der Waals surface area contributed by atoms with Gasteiger partial charge in [0.25, 0.3) is 0 Å². The number of nitrogens with one attached hydrogen (secondary N) is 1. The van der Waals surface area contributed by atoms with Gasteiger partial charge in [-0.25, -0.2) is 4.79 Å². The molecule has 0 aliphatic carbocycles. The largest absolute Gasteiger partial charge is 0.481 e. The van der Waals surface area contributed by atoms with Gasteiger partial charge >= 0.3 is 17.9 Å². The number of hydrogen-bond donors (Lipinski definition) is 5. The number of carboxylic acid groups (broad SMARTS) is 3. The fourth-order valence-electron chi connectivity index (χ4n) is 2.72. The lowest BCUT2D eigenvalue weighted by Crippen LogP contribution is -2.51. The van der Waals surface area contributed by atoms with Crippen LogP contribution in [-0.2, 0) is 28.8 Å². The van der Waals surface area contributed by atoms with E-state index in [4.69, 9.17) is 21.1 Å². The smallest absolute Gasteiger partial charge is 0.327 e. The molecule has 150 valence electrons. The second-order valence-electron chi connectivity index (χ2n) is 6.17. The zero-order valence-electron chi connectivity index (χ0n) is 14.5. The molecule has 1 fully saturated rings. The van der Waals surface area contributed by atoms with E-state index in [1.54, 1.807) is 0 Å². The first kappa shape index (κ1) is 22.0. The molecule has 12 nitrogen and oxygen atoms in total. The second-order valence-corrected chi connectivity index (χ2v) is 6.17. The first-order valence-electron chi connectivity index (χ1n) is 8.02.